The lowest BCUT2D eigenvalue weighted by molar-refractivity contribution is 0.341. The third kappa shape index (κ3) is 4.43. The number of nitrogens with zero attached hydrogens (tertiary/aromatic N) is 1. The molecular weight excluding hydrogens is 278 g/mol. The van der Waals surface area contributed by atoms with Gasteiger partial charge in [0, 0.05) is 18.0 Å². The number of rotatable bonds is 6. The summed E-state index contributed by atoms with van der Waals surface area (Å²) in [4.78, 5) is 3.83. The third-order valence-corrected chi connectivity index (χ3v) is 3.66. The lowest BCUT2D eigenvalue weighted by atomic mass is 10.3. The second-order valence-corrected chi connectivity index (χ2v) is 5.93. The van der Waals surface area contributed by atoms with E-state index in [1.54, 1.807) is 42.6 Å². The summed E-state index contributed by atoms with van der Waals surface area (Å²) in [6, 6.07) is 10.1. The van der Waals surface area contributed by atoms with E-state index in [0.29, 0.717) is 17.1 Å². The minimum Gasteiger partial charge on any atom is -0.492 e. The van der Waals surface area contributed by atoms with Crippen LogP contribution in [0.4, 0.5) is 11.4 Å². The lowest BCUT2D eigenvalue weighted by Crippen LogP contribution is -2.21. The van der Waals surface area contributed by atoms with Crippen LogP contribution < -0.4 is 15.2 Å². The summed E-state index contributed by atoms with van der Waals surface area (Å²) in [6.45, 7) is 0.0407. The van der Waals surface area contributed by atoms with Gasteiger partial charge in [-0.25, -0.2) is 8.42 Å². The van der Waals surface area contributed by atoms with E-state index >= 15 is 0 Å². The number of anilines is 2. The molecule has 1 aromatic carbocycles. The molecule has 0 saturated heterocycles. The number of benzene rings is 1. The first-order valence-electron chi connectivity index (χ1n) is 5.94. The van der Waals surface area contributed by atoms with Crippen molar-refractivity contribution in [2.24, 2.45) is 0 Å². The Kier molecular flexibility index (Phi) is 4.41. The third-order valence-electron chi connectivity index (χ3n) is 2.41. The number of nitrogen functional groups attached to an aromatic ring is 1. The van der Waals surface area contributed by atoms with Gasteiger partial charge in [-0.3, -0.25) is 9.71 Å². The maximum absolute atomic E-state index is 11.8. The van der Waals surface area contributed by atoms with Crippen LogP contribution in [-0.2, 0) is 10.0 Å². The van der Waals surface area contributed by atoms with Crippen LogP contribution in [0.25, 0.3) is 0 Å². The van der Waals surface area contributed by atoms with Crippen molar-refractivity contribution in [2.45, 2.75) is 0 Å². The van der Waals surface area contributed by atoms with Gasteiger partial charge in [-0.05, 0) is 24.3 Å². The molecule has 0 unspecified atom stereocenters. The monoisotopic (exact) mass is 293 g/mol. The molecule has 1 heterocycles. The molecule has 7 heteroatoms. The van der Waals surface area contributed by atoms with Crippen LogP contribution in [0.5, 0.6) is 5.75 Å². The number of ether oxygens (including phenoxy) is 1. The molecule has 0 aliphatic heterocycles. The molecule has 0 fully saturated rings. The van der Waals surface area contributed by atoms with Crippen molar-refractivity contribution < 1.29 is 13.2 Å². The van der Waals surface area contributed by atoms with Crippen LogP contribution in [0.15, 0.2) is 48.8 Å². The topological polar surface area (TPSA) is 94.3 Å². The molecule has 0 aliphatic rings. The molecule has 1 aromatic heterocycles. The van der Waals surface area contributed by atoms with Gasteiger partial charge in [0.15, 0.2) is 0 Å². The number of nitrogens with two attached hydrogens (primary N) is 1. The molecule has 6 nitrogen and oxygen atoms in total. The van der Waals surface area contributed by atoms with Crippen molar-refractivity contribution in [3.05, 3.63) is 48.8 Å². The molecule has 0 radical (unpaired) electrons. The lowest BCUT2D eigenvalue weighted by Gasteiger charge is -2.09. The second-order valence-electron chi connectivity index (χ2n) is 4.08. The molecule has 0 spiro atoms. The normalized spacial score (nSPS) is 11.0. The summed E-state index contributed by atoms with van der Waals surface area (Å²) in [5.74, 6) is 0.387. The zero-order valence-corrected chi connectivity index (χ0v) is 11.5. The molecule has 0 amide bonds. The van der Waals surface area contributed by atoms with Gasteiger partial charge in [0.25, 0.3) is 0 Å². The maximum Gasteiger partial charge on any atom is 0.236 e. The number of nitrogens with one attached hydrogen (secondary N) is 1. The zero-order chi connectivity index (χ0) is 14.4. The molecule has 2 rings (SSSR count). The van der Waals surface area contributed by atoms with Gasteiger partial charge in [-0.1, -0.05) is 6.07 Å². The summed E-state index contributed by atoms with van der Waals surface area (Å²) in [6.07, 6.45) is 3.01. The highest BCUT2D eigenvalue weighted by molar-refractivity contribution is 7.92. The minimum atomic E-state index is -3.46. The van der Waals surface area contributed by atoms with Crippen LogP contribution in [0.1, 0.15) is 0 Å². The Morgan fingerprint density at radius 1 is 1.25 bits per heavy atom. The van der Waals surface area contributed by atoms with Crippen molar-refractivity contribution in [2.75, 3.05) is 22.8 Å². The van der Waals surface area contributed by atoms with E-state index in [0.717, 1.165) is 0 Å². The first-order valence-corrected chi connectivity index (χ1v) is 7.59. The number of sulfonamides is 1. The number of aromatic nitrogens is 1. The fraction of sp³-hybridized carbons (Fsp3) is 0.154. The molecule has 20 heavy (non-hydrogen) atoms. The molecule has 0 aliphatic carbocycles. The maximum atomic E-state index is 11.8. The summed E-state index contributed by atoms with van der Waals surface area (Å²) in [7, 11) is -3.46. The van der Waals surface area contributed by atoms with Gasteiger partial charge in [0.1, 0.15) is 18.1 Å². The fourth-order valence-electron chi connectivity index (χ4n) is 1.53. The van der Waals surface area contributed by atoms with E-state index in [4.69, 9.17) is 10.5 Å². The summed E-state index contributed by atoms with van der Waals surface area (Å²) >= 11 is 0. The highest BCUT2D eigenvalue weighted by Crippen LogP contribution is 2.14. The summed E-state index contributed by atoms with van der Waals surface area (Å²) < 4.78 is 31.4. The quantitative estimate of drug-likeness (QED) is 0.787. The van der Waals surface area contributed by atoms with Crippen LogP contribution in [0.3, 0.4) is 0 Å². The molecule has 0 bridgehead atoms. The van der Waals surface area contributed by atoms with Gasteiger partial charge in [0.2, 0.25) is 10.0 Å². The van der Waals surface area contributed by atoms with E-state index < -0.39 is 10.0 Å². The van der Waals surface area contributed by atoms with Gasteiger partial charge in [0.05, 0.1) is 11.9 Å². The van der Waals surface area contributed by atoms with Gasteiger partial charge in [-0.2, -0.15) is 0 Å². The van der Waals surface area contributed by atoms with E-state index in [-0.39, 0.29) is 12.4 Å². The molecule has 2 aromatic rings. The SMILES string of the molecule is Nc1cccc(OCCS(=O)(=O)Nc2cccnc2)c1. The van der Waals surface area contributed by atoms with Gasteiger partial charge < -0.3 is 10.5 Å². The Bertz CT molecular complexity index is 660. The number of hydrogen-bond donors (Lipinski definition) is 2. The van der Waals surface area contributed by atoms with Gasteiger partial charge >= 0.3 is 0 Å². The Morgan fingerprint density at radius 3 is 2.80 bits per heavy atom. The highest BCUT2D eigenvalue weighted by atomic mass is 32.2. The van der Waals surface area contributed by atoms with Crippen molar-refractivity contribution in [3.63, 3.8) is 0 Å². The average molecular weight is 293 g/mol. The molecule has 0 saturated carbocycles. The van der Waals surface area contributed by atoms with Crippen molar-refractivity contribution in [3.8, 4) is 5.75 Å². The van der Waals surface area contributed by atoms with E-state index in [1.807, 2.05) is 0 Å². The van der Waals surface area contributed by atoms with E-state index in [2.05, 4.69) is 9.71 Å². The first kappa shape index (κ1) is 14.1. The van der Waals surface area contributed by atoms with Crippen LogP contribution in [0, 0.1) is 0 Å². The second kappa shape index (κ2) is 6.25. The predicted octanol–water partition coefficient (Wildman–Crippen LogP) is 1.48. The van der Waals surface area contributed by atoms with E-state index in [9.17, 15) is 8.42 Å². The number of hydrogen-bond acceptors (Lipinski definition) is 5. The molecule has 3 N–H and O–H groups in total. The number of pyridine rings is 1. The summed E-state index contributed by atoms with van der Waals surface area (Å²) in [5.41, 5.74) is 6.60. The fourth-order valence-corrected chi connectivity index (χ4v) is 2.41. The Hall–Kier alpha value is -2.28. The van der Waals surface area contributed by atoms with Crippen LogP contribution in [0.2, 0.25) is 0 Å². The molecule has 106 valence electrons. The largest absolute Gasteiger partial charge is 0.492 e. The predicted molar refractivity (Wildman–Crippen MR) is 78.0 cm³/mol. The van der Waals surface area contributed by atoms with Gasteiger partial charge in [-0.15, -0.1) is 0 Å². The average Bonchev–Trinajstić information content (AvgIpc) is 2.39. The Balaban J connectivity index is 1.87. The highest BCUT2D eigenvalue weighted by Gasteiger charge is 2.10. The smallest absolute Gasteiger partial charge is 0.236 e. The van der Waals surface area contributed by atoms with Crippen molar-refractivity contribution in [1.29, 1.82) is 0 Å². The van der Waals surface area contributed by atoms with Crippen LogP contribution >= 0.6 is 0 Å². The Morgan fingerprint density at radius 2 is 2.10 bits per heavy atom. The Labute approximate surface area is 117 Å². The molecule has 0 atom stereocenters. The van der Waals surface area contributed by atoms with Crippen molar-refractivity contribution >= 4 is 21.4 Å². The molecular formula is C13H15N3O3S. The minimum absolute atomic E-state index is 0.0407. The van der Waals surface area contributed by atoms with E-state index in [1.165, 1.54) is 6.20 Å². The van der Waals surface area contributed by atoms with Crippen molar-refractivity contribution in [1.82, 2.24) is 4.98 Å². The first-order chi connectivity index (χ1) is 9.55. The zero-order valence-electron chi connectivity index (χ0n) is 10.7. The standard InChI is InChI=1S/C13H15N3O3S/c14-11-3-1-5-13(9-11)19-7-8-20(17,18)16-12-4-2-6-15-10-12/h1-6,9-10,16H,7-8,14H2. The summed E-state index contributed by atoms with van der Waals surface area (Å²) in [5, 5.41) is 0. The van der Waals surface area contributed by atoms with Crippen LogP contribution in [-0.4, -0.2) is 25.8 Å².